The summed E-state index contributed by atoms with van der Waals surface area (Å²) in [5.41, 5.74) is 0.621. The van der Waals surface area contributed by atoms with Crippen LogP contribution in [0.2, 0.25) is 0 Å². The summed E-state index contributed by atoms with van der Waals surface area (Å²) in [6.45, 7) is 5.03. The monoisotopic (exact) mass is 387 g/mol. The molecule has 3 amide bonds. The number of carboxylic acids is 1. The van der Waals surface area contributed by atoms with E-state index in [4.69, 9.17) is 0 Å². The van der Waals surface area contributed by atoms with Gasteiger partial charge in [-0.25, -0.2) is 4.79 Å². The Morgan fingerprint density at radius 2 is 2.14 bits per heavy atom. The molecule has 3 rings (SSSR count). The Morgan fingerprint density at radius 1 is 1.36 bits per heavy atom. The van der Waals surface area contributed by atoms with E-state index in [-0.39, 0.29) is 30.4 Å². The minimum absolute atomic E-state index is 0.0447. The van der Waals surface area contributed by atoms with Crippen LogP contribution in [-0.4, -0.2) is 47.0 Å². The number of carbonyl (C=O) groups is 3. The van der Waals surface area contributed by atoms with E-state index in [1.54, 1.807) is 23.1 Å². The normalized spacial score (nSPS) is 24.5. The fraction of sp³-hybridized carbons (Fsp3) is 0.571. The number of nitrogens with one attached hydrogen (secondary N) is 2. The topological polar surface area (TPSA) is 98.7 Å². The molecule has 28 heavy (non-hydrogen) atoms. The van der Waals surface area contributed by atoms with Gasteiger partial charge in [-0.3, -0.25) is 9.59 Å². The van der Waals surface area contributed by atoms with Crippen molar-refractivity contribution in [3.8, 4) is 0 Å². The molecule has 3 N–H and O–H groups in total. The molecule has 2 aliphatic rings. The van der Waals surface area contributed by atoms with Gasteiger partial charge in [0.25, 0.3) is 5.91 Å². The van der Waals surface area contributed by atoms with Gasteiger partial charge in [-0.1, -0.05) is 25.5 Å². The first-order valence-electron chi connectivity index (χ1n) is 10.0. The molecule has 0 bridgehead atoms. The van der Waals surface area contributed by atoms with Crippen LogP contribution in [-0.2, 0) is 11.3 Å². The van der Waals surface area contributed by atoms with Crippen molar-refractivity contribution in [3.63, 3.8) is 0 Å². The highest BCUT2D eigenvalue weighted by atomic mass is 16.4. The SMILES string of the molecule is CCC(C)NC(=O)c1cccc(CNC(=O)N2C[C@@H]3CCC[C@@]3(C(=O)O)C2)c1. The first kappa shape index (κ1) is 20.2. The van der Waals surface area contributed by atoms with Crippen molar-refractivity contribution in [1.29, 1.82) is 0 Å². The van der Waals surface area contributed by atoms with Crippen molar-refractivity contribution < 1.29 is 19.5 Å². The lowest BCUT2D eigenvalue weighted by atomic mass is 9.81. The highest BCUT2D eigenvalue weighted by Gasteiger charge is 2.55. The Balaban J connectivity index is 1.58. The van der Waals surface area contributed by atoms with Crippen molar-refractivity contribution in [2.24, 2.45) is 11.3 Å². The second-order valence-electron chi connectivity index (χ2n) is 8.07. The first-order valence-corrected chi connectivity index (χ1v) is 10.0. The number of carboxylic acid groups (broad SMARTS) is 1. The van der Waals surface area contributed by atoms with Gasteiger partial charge < -0.3 is 20.6 Å². The first-order chi connectivity index (χ1) is 13.4. The minimum atomic E-state index is -0.787. The number of hydrogen-bond donors (Lipinski definition) is 3. The van der Waals surface area contributed by atoms with Crippen LogP contribution >= 0.6 is 0 Å². The summed E-state index contributed by atoms with van der Waals surface area (Å²) in [6, 6.07) is 7.04. The number of fused-ring (bicyclic) bond motifs is 1. The molecule has 1 unspecified atom stereocenters. The fourth-order valence-electron chi connectivity index (χ4n) is 4.31. The second kappa shape index (κ2) is 8.20. The van der Waals surface area contributed by atoms with Crippen molar-refractivity contribution in [2.45, 2.75) is 52.1 Å². The lowest BCUT2D eigenvalue weighted by Crippen LogP contribution is -2.41. The lowest BCUT2D eigenvalue weighted by Gasteiger charge is -2.23. The number of amides is 3. The van der Waals surface area contributed by atoms with E-state index in [1.165, 1.54) is 0 Å². The van der Waals surface area contributed by atoms with Gasteiger partial charge in [0.05, 0.1) is 5.41 Å². The Labute approximate surface area is 165 Å². The third-order valence-corrected chi connectivity index (χ3v) is 6.21. The third kappa shape index (κ3) is 3.98. The Hall–Kier alpha value is -2.57. The molecule has 7 heteroatoms. The minimum Gasteiger partial charge on any atom is -0.481 e. The summed E-state index contributed by atoms with van der Waals surface area (Å²) >= 11 is 0. The number of nitrogens with zero attached hydrogens (tertiary/aromatic N) is 1. The highest BCUT2D eigenvalue weighted by molar-refractivity contribution is 5.94. The largest absolute Gasteiger partial charge is 0.481 e. The molecule has 1 aromatic carbocycles. The summed E-state index contributed by atoms with van der Waals surface area (Å²) in [7, 11) is 0. The van der Waals surface area contributed by atoms with Crippen LogP contribution in [0, 0.1) is 11.3 Å². The van der Waals surface area contributed by atoms with Crippen LogP contribution in [0.1, 0.15) is 55.5 Å². The summed E-state index contributed by atoms with van der Waals surface area (Å²) in [5.74, 6) is -0.869. The molecule has 0 spiro atoms. The number of hydrogen-bond acceptors (Lipinski definition) is 3. The van der Waals surface area contributed by atoms with E-state index in [2.05, 4.69) is 10.6 Å². The molecule has 1 heterocycles. The van der Waals surface area contributed by atoms with Crippen molar-refractivity contribution in [3.05, 3.63) is 35.4 Å². The molecule has 1 saturated heterocycles. The van der Waals surface area contributed by atoms with Crippen LogP contribution in [0.3, 0.4) is 0 Å². The van der Waals surface area contributed by atoms with Crippen LogP contribution in [0.25, 0.3) is 0 Å². The van der Waals surface area contributed by atoms with Crippen LogP contribution in [0.15, 0.2) is 24.3 Å². The highest BCUT2D eigenvalue weighted by Crippen LogP contribution is 2.48. The van der Waals surface area contributed by atoms with Gasteiger partial charge in [-0.15, -0.1) is 0 Å². The van der Waals surface area contributed by atoms with Crippen molar-refractivity contribution >= 4 is 17.9 Å². The van der Waals surface area contributed by atoms with Crippen LogP contribution in [0.4, 0.5) is 4.79 Å². The summed E-state index contributed by atoms with van der Waals surface area (Å²) in [5, 5.41) is 15.4. The van der Waals surface area contributed by atoms with E-state index in [0.717, 1.165) is 24.8 Å². The lowest BCUT2D eigenvalue weighted by molar-refractivity contribution is -0.149. The second-order valence-corrected chi connectivity index (χ2v) is 8.07. The molecule has 1 aromatic rings. The molecular weight excluding hydrogens is 358 g/mol. The molecule has 2 fully saturated rings. The van der Waals surface area contributed by atoms with Gasteiger partial charge >= 0.3 is 12.0 Å². The molecule has 7 nitrogen and oxygen atoms in total. The van der Waals surface area contributed by atoms with Gasteiger partial charge in [-0.2, -0.15) is 0 Å². The van der Waals surface area contributed by atoms with Crippen molar-refractivity contribution in [2.75, 3.05) is 13.1 Å². The molecule has 0 aromatic heterocycles. The zero-order valence-electron chi connectivity index (χ0n) is 16.5. The average molecular weight is 387 g/mol. The van der Waals surface area contributed by atoms with Crippen molar-refractivity contribution in [1.82, 2.24) is 15.5 Å². The molecule has 3 atom stereocenters. The number of carbonyl (C=O) groups excluding carboxylic acids is 2. The third-order valence-electron chi connectivity index (χ3n) is 6.21. The van der Waals surface area contributed by atoms with E-state index in [1.807, 2.05) is 19.9 Å². The summed E-state index contributed by atoms with van der Waals surface area (Å²) in [6.07, 6.45) is 3.28. The quantitative estimate of drug-likeness (QED) is 0.699. The number of urea groups is 1. The van der Waals surface area contributed by atoms with E-state index >= 15 is 0 Å². The van der Waals surface area contributed by atoms with Gasteiger partial charge in [-0.05, 0) is 49.8 Å². The maximum Gasteiger partial charge on any atom is 0.317 e. The van der Waals surface area contributed by atoms with Crippen LogP contribution in [0.5, 0.6) is 0 Å². The summed E-state index contributed by atoms with van der Waals surface area (Å²) < 4.78 is 0. The predicted molar refractivity (Wildman–Crippen MR) is 105 cm³/mol. The van der Waals surface area contributed by atoms with Gasteiger partial charge in [0.2, 0.25) is 0 Å². The molecule has 1 aliphatic heterocycles. The Kier molecular flexibility index (Phi) is 5.91. The maximum atomic E-state index is 12.6. The fourth-order valence-corrected chi connectivity index (χ4v) is 4.31. The zero-order valence-corrected chi connectivity index (χ0v) is 16.5. The number of likely N-dealkylation sites (tertiary alicyclic amines) is 1. The predicted octanol–water partition coefficient (Wildman–Crippen LogP) is 2.61. The van der Waals surface area contributed by atoms with E-state index < -0.39 is 11.4 Å². The van der Waals surface area contributed by atoms with Gasteiger partial charge in [0.15, 0.2) is 0 Å². The molecule has 152 valence electrons. The Bertz CT molecular complexity index is 766. The Morgan fingerprint density at radius 3 is 2.82 bits per heavy atom. The van der Waals surface area contributed by atoms with E-state index in [9.17, 15) is 19.5 Å². The molecule has 1 saturated carbocycles. The zero-order chi connectivity index (χ0) is 20.3. The molecular formula is C21H29N3O4. The van der Waals surface area contributed by atoms with E-state index in [0.29, 0.717) is 25.1 Å². The maximum absolute atomic E-state index is 12.6. The average Bonchev–Trinajstić information content (AvgIpc) is 3.25. The van der Waals surface area contributed by atoms with Gasteiger partial charge in [0.1, 0.15) is 0 Å². The summed E-state index contributed by atoms with van der Waals surface area (Å²) in [4.78, 5) is 38.2. The van der Waals surface area contributed by atoms with Gasteiger partial charge in [0, 0.05) is 31.2 Å². The number of aliphatic carboxylic acids is 1. The van der Waals surface area contributed by atoms with Crippen LogP contribution < -0.4 is 10.6 Å². The number of rotatable bonds is 6. The standard InChI is InChI=1S/C21H29N3O4/c1-3-14(2)23-18(25)16-7-4-6-15(10-16)11-22-20(28)24-12-17-8-5-9-21(17,13-24)19(26)27/h4,6-7,10,14,17H,3,5,8-9,11-13H2,1-2H3,(H,22,28)(H,23,25)(H,26,27)/t14?,17-,21+/m0/s1. The number of benzene rings is 1. The molecule has 1 aliphatic carbocycles. The smallest absolute Gasteiger partial charge is 0.317 e. The molecule has 0 radical (unpaired) electrons.